The van der Waals surface area contributed by atoms with E-state index in [1.54, 1.807) is 0 Å². The van der Waals surface area contributed by atoms with Crippen LogP contribution >= 0.6 is 0 Å². The maximum absolute atomic E-state index is 8.86. The van der Waals surface area contributed by atoms with Gasteiger partial charge >= 0.3 is 61.0 Å². The normalized spacial score (nSPS) is 23.6. The summed E-state index contributed by atoms with van der Waals surface area (Å²) < 4.78 is 9.67. The van der Waals surface area contributed by atoms with E-state index in [9.17, 15) is 0 Å². The summed E-state index contributed by atoms with van der Waals surface area (Å²) in [4.78, 5) is 0. The van der Waals surface area contributed by atoms with Crippen molar-refractivity contribution < 1.29 is 3.44 Å². The first-order valence-corrected chi connectivity index (χ1v) is 6.25. The standard InChI is InChI=1S/C6H11.H2O.Sn/c1-2-4-6-5-3-1;;/h1H,2-6H2;1H2;/q;;+1/p-1. The van der Waals surface area contributed by atoms with Gasteiger partial charge in [-0.1, -0.05) is 0 Å². The van der Waals surface area contributed by atoms with Gasteiger partial charge in [0.05, 0.1) is 0 Å². The SMILES string of the molecule is [OH][Sn][CH]1CCCCC1. The van der Waals surface area contributed by atoms with Gasteiger partial charge < -0.3 is 0 Å². The zero-order valence-electron chi connectivity index (χ0n) is 5.06. The monoisotopic (exact) mass is 220 g/mol. The van der Waals surface area contributed by atoms with Crippen LogP contribution in [0.15, 0.2) is 0 Å². The second kappa shape index (κ2) is 3.72. The molecule has 1 aliphatic rings. The van der Waals surface area contributed by atoms with Gasteiger partial charge in [-0.05, 0) is 0 Å². The number of hydrogen-bond acceptors (Lipinski definition) is 1. The van der Waals surface area contributed by atoms with Gasteiger partial charge in [-0.3, -0.25) is 0 Å². The molecule has 0 aliphatic heterocycles. The second-order valence-corrected chi connectivity index (χ2v) is 5.53. The fraction of sp³-hybridized carbons (Fsp3) is 1.00. The molecule has 0 aromatic rings. The van der Waals surface area contributed by atoms with Crippen molar-refractivity contribution >= 4 is 21.6 Å². The molecule has 0 aromatic carbocycles. The minimum atomic E-state index is -0.867. The molecule has 1 N–H and O–H groups in total. The van der Waals surface area contributed by atoms with Crippen LogP contribution in [-0.4, -0.2) is 25.0 Å². The molecule has 2 heteroatoms. The predicted octanol–water partition coefficient (Wildman–Crippen LogP) is 1.35. The molecule has 1 aliphatic carbocycles. The zero-order chi connectivity index (χ0) is 5.82. The predicted molar refractivity (Wildman–Crippen MR) is 34.8 cm³/mol. The van der Waals surface area contributed by atoms with Crippen molar-refractivity contribution in [3.8, 4) is 0 Å². The summed E-state index contributed by atoms with van der Waals surface area (Å²) in [5, 5.41) is 0. The Morgan fingerprint density at radius 1 is 1.12 bits per heavy atom. The van der Waals surface area contributed by atoms with Crippen LogP contribution in [0.1, 0.15) is 32.1 Å². The van der Waals surface area contributed by atoms with E-state index in [0.717, 1.165) is 3.93 Å². The van der Waals surface area contributed by atoms with E-state index in [2.05, 4.69) is 0 Å². The van der Waals surface area contributed by atoms with Crippen molar-refractivity contribution in [3.05, 3.63) is 0 Å². The minimum absolute atomic E-state index is 0.812. The van der Waals surface area contributed by atoms with E-state index in [1.807, 2.05) is 0 Å². The van der Waals surface area contributed by atoms with E-state index >= 15 is 0 Å². The Labute approximate surface area is 61.2 Å². The molecule has 0 aromatic heterocycles. The van der Waals surface area contributed by atoms with Crippen LogP contribution in [0.3, 0.4) is 0 Å². The van der Waals surface area contributed by atoms with Crippen LogP contribution in [0.25, 0.3) is 0 Å². The third kappa shape index (κ3) is 1.94. The number of hydrogen-bond donors (Lipinski definition) is 1. The maximum atomic E-state index is 8.86. The molecule has 0 unspecified atom stereocenters. The van der Waals surface area contributed by atoms with Crippen molar-refractivity contribution in [2.45, 2.75) is 36.0 Å². The van der Waals surface area contributed by atoms with Gasteiger partial charge in [0.2, 0.25) is 0 Å². The molecule has 0 amide bonds. The van der Waals surface area contributed by atoms with Crippen molar-refractivity contribution in [2.24, 2.45) is 0 Å². The molecule has 1 fully saturated rings. The summed E-state index contributed by atoms with van der Waals surface area (Å²) >= 11 is -0.867. The Hall–Kier alpha value is 0.759. The van der Waals surface area contributed by atoms with Crippen LogP contribution in [0.2, 0.25) is 3.93 Å². The van der Waals surface area contributed by atoms with E-state index in [0.29, 0.717) is 0 Å². The van der Waals surface area contributed by atoms with Crippen LogP contribution in [0, 0.1) is 0 Å². The molecule has 1 nitrogen and oxygen atoms in total. The first-order valence-electron chi connectivity index (χ1n) is 3.33. The summed E-state index contributed by atoms with van der Waals surface area (Å²) in [6, 6.07) is 0. The number of rotatable bonds is 1. The molecular weight excluding hydrogens is 207 g/mol. The molecular formula is C6H12OSn. The van der Waals surface area contributed by atoms with Crippen LogP contribution in [-0.2, 0) is 0 Å². The van der Waals surface area contributed by atoms with Crippen molar-refractivity contribution in [1.29, 1.82) is 0 Å². The summed E-state index contributed by atoms with van der Waals surface area (Å²) in [6.45, 7) is 0. The van der Waals surface area contributed by atoms with Gasteiger partial charge in [0.1, 0.15) is 0 Å². The first kappa shape index (κ1) is 6.87. The van der Waals surface area contributed by atoms with E-state index < -0.39 is 21.6 Å². The van der Waals surface area contributed by atoms with Gasteiger partial charge in [-0.2, -0.15) is 0 Å². The Bertz CT molecular complexity index is 59.5. The summed E-state index contributed by atoms with van der Waals surface area (Å²) in [6.07, 6.45) is 6.85. The van der Waals surface area contributed by atoms with Crippen LogP contribution in [0.4, 0.5) is 0 Å². The van der Waals surface area contributed by atoms with Crippen molar-refractivity contribution in [3.63, 3.8) is 0 Å². The third-order valence-electron chi connectivity index (χ3n) is 1.79. The average Bonchev–Trinajstić information content (AvgIpc) is 1.90. The quantitative estimate of drug-likeness (QED) is 0.659. The fourth-order valence-corrected chi connectivity index (χ4v) is 3.13. The third-order valence-corrected chi connectivity index (χ3v) is 4.48. The fourth-order valence-electron chi connectivity index (χ4n) is 1.23. The molecule has 0 bridgehead atoms. The Morgan fingerprint density at radius 2 is 1.75 bits per heavy atom. The summed E-state index contributed by atoms with van der Waals surface area (Å²) in [5.41, 5.74) is 0. The van der Waals surface area contributed by atoms with E-state index in [-0.39, 0.29) is 0 Å². The molecule has 0 heterocycles. The molecule has 46 valence electrons. The summed E-state index contributed by atoms with van der Waals surface area (Å²) in [5.74, 6) is 0. The zero-order valence-corrected chi connectivity index (χ0v) is 7.91. The van der Waals surface area contributed by atoms with Crippen LogP contribution in [0.5, 0.6) is 0 Å². The molecule has 0 atom stereocenters. The van der Waals surface area contributed by atoms with Gasteiger partial charge in [0.15, 0.2) is 0 Å². The van der Waals surface area contributed by atoms with Gasteiger partial charge in [0, 0.05) is 0 Å². The first-order chi connectivity index (χ1) is 3.93. The Balaban J connectivity index is 2.13. The molecule has 8 heavy (non-hydrogen) atoms. The van der Waals surface area contributed by atoms with Crippen LogP contribution < -0.4 is 0 Å². The van der Waals surface area contributed by atoms with Gasteiger partial charge in [-0.15, -0.1) is 0 Å². The molecule has 2 radical (unpaired) electrons. The molecule has 1 saturated carbocycles. The van der Waals surface area contributed by atoms with Gasteiger partial charge in [-0.25, -0.2) is 0 Å². The molecule has 0 spiro atoms. The van der Waals surface area contributed by atoms with E-state index in [1.165, 1.54) is 32.1 Å². The van der Waals surface area contributed by atoms with E-state index in [4.69, 9.17) is 3.44 Å². The molecule has 0 saturated heterocycles. The van der Waals surface area contributed by atoms with Gasteiger partial charge in [0.25, 0.3) is 0 Å². The van der Waals surface area contributed by atoms with Crippen molar-refractivity contribution in [2.75, 3.05) is 0 Å². The Morgan fingerprint density at radius 3 is 2.12 bits per heavy atom. The van der Waals surface area contributed by atoms with Crippen molar-refractivity contribution in [1.82, 2.24) is 0 Å². The summed E-state index contributed by atoms with van der Waals surface area (Å²) in [7, 11) is 0. The Kier molecular flexibility index (Phi) is 3.20. The average molecular weight is 219 g/mol. The second-order valence-electron chi connectivity index (χ2n) is 2.46. The molecule has 1 rings (SSSR count). The topological polar surface area (TPSA) is 20.2 Å².